The lowest BCUT2D eigenvalue weighted by molar-refractivity contribution is 0.0335. The number of methoxy groups -OCH3 is 1. The molecule has 1 aliphatic heterocycles. The maximum absolute atomic E-state index is 12.6. The van der Waals surface area contributed by atoms with Gasteiger partial charge in [0, 0.05) is 38.4 Å². The number of nitriles is 1. The Bertz CT molecular complexity index is 1210. The first-order chi connectivity index (χ1) is 17.2. The molecule has 1 fully saturated rings. The van der Waals surface area contributed by atoms with Gasteiger partial charge in [0.1, 0.15) is 11.9 Å². The highest BCUT2D eigenvalue weighted by molar-refractivity contribution is 7.91. The Morgan fingerprint density at radius 2 is 2.00 bits per heavy atom. The number of hydrogen-bond acceptors (Lipinski definition) is 8. The second kappa shape index (κ2) is 11.5. The summed E-state index contributed by atoms with van der Waals surface area (Å²) in [6.07, 6.45) is 1.00. The lowest BCUT2D eigenvalue weighted by Crippen LogP contribution is -2.59. The largest absolute Gasteiger partial charge is 0.484 e. The van der Waals surface area contributed by atoms with Gasteiger partial charge in [-0.2, -0.15) is 5.26 Å². The SMILES string of the molecule is COCCCS(=O)(=O)c1ccc(O[C@H]2c3cc(Cl)cc(C#N)c3C[C@@H]2N2CCN[C@H](N(C)C)C2)cc1. The zero-order valence-corrected chi connectivity index (χ0v) is 22.5. The monoisotopic (exact) mass is 532 g/mol. The van der Waals surface area contributed by atoms with Gasteiger partial charge >= 0.3 is 0 Å². The van der Waals surface area contributed by atoms with Crippen LogP contribution in [0.5, 0.6) is 5.75 Å². The maximum Gasteiger partial charge on any atom is 0.178 e. The number of sulfone groups is 1. The quantitative estimate of drug-likeness (QED) is 0.493. The number of halogens is 1. The van der Waals surface area contributed by atoms with Gasteiger partial charge in [0.05, 0.1) is 34.5 Å². The number of likely N-dealkylation sites (N-methyl/N-ethyl adjacent to an activating group) is 1. The summed E-state index contributed by atoms with van der Waals surface area (Å²) >= 11 is 6.38. The number of nitrogens with zero attached hydrogens (tertiary/aromatic N) is 3. The van der Waals surface area contributed by atoms with Crippen molar-refractivity contribution in [2.24, 2.45) is 0 Å². The summed E-state index contributed by atoms with van der Waals surface area (Å²) in [5.74, 6) is 0.608. The van der Waals surface area contributed by atoms with Gasteiger partial charge in [-0.15, -0.1) is 0 Å². The van der Waals surface area contributed by atoms with Gasteiger partial charge in [0.15, 0.2) is 9.84 Å². The van der Waals surface area contributed by atoms with Gasteiger partial charge in [0.25, 0.3) is 0 Å². The number of hydrogen-bond donors (Lipinski definition) is 1. The third kappa shape index (κ3) is 5.86. The number of fused-ring (bicyclic) bond motifs is 1. The summed E-state index contributed by atoms with van der Waals surface area (Å²) in [4.78, 5) is 4.84. The molecule has 1 heterocycles. The van der Waals surface area contributed by atoms with Crippen LogP contribution in [-0.4, -0.2) is 83.6 Å². The van der Waals surface area contributed by atoms with Gasteiger partial charge in [-0.25, -0.2) is 8.42 Å². The Labute approximate surface area is 218 Å². The molecule has 2 aromatic rings. The molecule has 0 amide bonds. The van der Waals surface area contributed by atoms with E-state index < -0.39 is 9.84 Å². The minimum absolute atomic E-state index is 0.0209. The number of rotatable bonds is 9. The van der Waals surface area contributed by atoms with Crippen LogP contribution >= 0.6 is 11.6 Å². The standard InChI is InChI=1S/C26H33ClN4O4S/c1-30(2)25-17-31(10-9-29-25)24-15-22-18(16-28)13-19(27)14-23(22)26(24)35-20-5-7-21(8-6-20)36(32,33)12-4-11-34-3/h5-8,13-14,24-26,29H,4,9-12,15,17H2,1-3H3/t24-,25+,26-/m0/s1. The summed E-state index contributed by atoms with van der Waals surface area (Å²) in [5, 5.41) is 13.8. The van der Waals surface area contributed by atoms with Crippen LogP contribution in [0.2, 0.25) is 5.02 Å². The average molecular weight is 533 g/mol. The zero-order chi connectivity index (χ0) is 25.9. The molecule has 0 radical (unpaired) electrons. The van der Waals surface area contributed by atoms with E-state index in [1.54, 1.807) is 37.4 Å². The predicted octanol–water partition coefficient (Wildman–Crippen LogP) is 2.86. The van der Waals surface area contributed by atoms with E-state index in [1.807, 2.05) is 6.07 Å². The molecule has 0 unspecified atom stereocenters. The van der Waals surface area contributed by atoms with Crippen molar-refractivity contribution < 1.29 is 17.9 Å². The van der Waals surface area contributed by atoms with Gasteiger partial charge in [-0.3, -0.25) is 15.1 Å². The Kier molecular flexibility index (Phi) is 8.56. The van der Waals surface area contributed by atoms with Crippen molar-refractivity contribution >= 4 is 21.4 Å². The maximum atomic E-state index is 12.6. The fourth-order valence-corrected chi connectivity index (χ4v) is 6.52. The highest BCUT2D eigenvalue weighted by Gasteiger charge is 2.41. The second-order valence-corrected chi connectivity index (χ2v) is 12.1. The summed E-state index contributed by atoms with van der Waals surface area (Å²) in [7, 11) is 2.27. The van der Waals surface area contributed by atoms with Crippen molar-refractivity contribution in [1.82, 2.24) is 15.1 Å². The van der Waals surface area contributed by atoms with Crippen molar-refractivity contribution in [1.29, 1.82) is 5.26 Å². The molecule has 0 saturated carbocycles. The molecule has 0 aromatic heterocycles. The minimum atomic E-state index is -3.39. The third-order valence-electron chi connectivity index (χ3n) is 6.93. The number of benzene rings is 2. The van der Waals surface area contributed by atoms with Gasteiger partial charge in [-0.05, 0) is 74.5 Å². The van der Waals surface area contributed by atoms with Crippen LogP contribution in [-0.2, 0) is 21.0 Å². The predicted molar refractivity (Wildman–Crippen MR) is 139 cm³/mol. The smallest absolute Gasteiger partial charge is 0.178 e. The van der Waals surface area contributed by atoms with Crippen molar-refractivity contribution in [3.05, 3.63) is 58.1 Å². The van der Waals surface area contributed by atoms with Crippen molar-refractivity contribution in [2.45, 2.75) is 36.0 Å². The van der Waals surface area contributed by atoms with E-state index in [1.165, 1.54) is 0 Å². The van der Waals surface area contributed by atoms with E-state index in [0.29, 0.717) is 35.8 Å². The first-order valence-electron chi connectivity index (χ1n) is 12.1. The molecule has 2 aromatic carbocycles. The number of nitrogens with one attached hydrogen (secondary N) is 1. The van der Waals surface area contributed by atoms with E-state index in [9.17, 15) is 13.7 Å². The third-order valence-corrected chi connectivity index (χ3v) is 8.96. The van der Waals surface area contributed by atoms with E-state index in [2.05, 4.69) is 35.3 Å². The molecule has 2 aliphatic rings. The lowest BCUT2D eigenvalue weighted by Gasteiger charge is -2.41. The Balaban J connectivity index is 1.61. The van der Waals surface area contributed by atoms with Crippen molar-refractivity contribution in [3.63, 3.8) is 0 Å². The highest BCUT2D eigenvalue weighted by Crippen LogP contribution is 2.41. The van der Waals surface area contributed by atoms with Crippen molar-refractivity contribution in [3.8, 4) is 11.8 Å². The lowest BCUT2D eigenvalue weighted by atomic mass is 10.0. The van der Waals surface area contributed by atoms with Crippen LogP contribution in [0.3, 0.4) is 0 Å². The van der Waals surface area contributed by atoms with Crippen LogP contribution in [0.4, 0.5) is 0 Å². The summed E-state index contributed by atoms with van der Waals surface area (Å²) < 4.78 is 36.7. The zero-order valence-electron chi connectivity index (χ0n) is 20.9. The molecule has 8 nitrogen and oxygen atoms in total. The molecule has 36 heavy (non-hydrogen) atoms. The van der Waals surface area contributed by atoms with Crippen LogP contribution in [0.1, 0.15) is 29.2 Å². The van der Waals surface area contributed by atoms with Gasteiger partial charge in [0.2, 0.25) is 0 Å². The topological polar surface area (TPSA) is 94.9 Å². The molecule has 10 heteroatoms. The fourth-order valence-electron chi connectivity index (χ4n) is 5.01. The average Bonchev–Trinajstić information content (AvgIpc) is 3.22. The van der Waals surface area contributed by atoms with Crippen LogP contribution in [0.15, 0.2) is 41.3 Å². The Morgan fingerprint density at radius 1 is 1.25 bits per heavy atom. The molecular weight excluding hydrogens is 500 g/mol. The first kappa shape index (κ1) is 26.9. The molecular formula is C26H33ClN4O4S. The Morgan fingerprint density at radius 3 is 2.67 bits per heavy atom. The second-order valence-electron chi connectivity index (χ2n) is 9.51. The van der Waals surface area contributed by atoms with E-state index in [4.69, 9.17) is 21.1 Å². The molecule has 4 rings (SSSR count). The van der Waals surface area contributed by atoms with E-state index >= 15 is 0 Å². The van der Waals surface area contributed by atoms with Gasteiger partial charge in [-0.1, -0.05) is 11.6 Å². The summed E-state index contributed by atoms with van der Waals surface area (Å²) in [6.45, 7) is 2.93. The number of ether oxygens (including phenoxy) is 2. The van der Waals surface area contributed by atoms with E-state index in [0.717, 1.165) is 30.8 Å². The molecule has 3 atom stereocenters. The molecule has 1 saturated heterocycles. The summed E-state index contributed by atoms with van der Waals surface area (Å²) in [5.41, 5.74) is 2.46. The first-order valence-corrected chi connectivity index (χ1v) is 14.1. The van der Waals surface area contributed by atoms with Crippen LogP contribution < -0.4 is 10.1 Å². The normalized spacial score (nSPS) is 22.4. The fraction of sp³-hybridized carbons (Fsp3) is 0.500. The Hall–Kier alpha value is -2.19. The minimum Gasteiger partial charge on any atom is -0.484 e. The molecule has 0 spiro atoms. The molecule has 1 N–H and O–H groups in total. The highest BCUT2D eigenvalue weighted by atomic mass is 35.5. The van der Waals surface area contributed by atoms with Crippen LogP contribution in [0, 0.1) is 11.3 Å². The summed E-state index contributed by atoms with van der Waals surface area (Å²) in [6, 6.07) is 12.5. The van der Waals surface area contributed by atoms with Crippen molar-refractivity contribution in [2.75, 3.05) is 53.2 Å². The molecule has 1 aliphatic carbocycles. The molecule has 194 valence electrons. The van der Waals surface area contributed by atoms with Gasteiger partial charge < -0.3 is 9.47 Å². The number of piperazine rings is 1. The molecule has 0 bridgehead atoms. The van der Waals surface area contributed by atoms with E-state index in [-0.39, 0.29) is 29.0 Å². The van der Waals surface area contributed by atoms with Crippen LogP contribution in [0.25, 0.3) is 0 Å².